The Morgan fingerprint density at radius 1 is 0.318 bits per heavy atom. The second-order valence-corrected chi connectivity index (χ2v) is 16.3. The molecule has 0 aliphatic rings. The fraction of sp³-hybridized carbons (Fsp3) is 0.517. The van der Waals surface area contributed by atoms with Crippen molar-refractivity contribution in [2.24, 2.45) is 0 Å². The van der Waals surface area contributed by atoms with Gasteiger partial charge in [0.1, 0.15) is 13.2 Å². The number of hydrogen-bond donors (Lipinski definition) is 0. The zero-order valence-corrected chi connectivity index (χ0v) is 41.6. The van der Waals surface area contributed by atoms with E-state index in [2.05, 4.69) is 51.2 Å². The summed E-state index contributed by atoms with van der Waals surface area (Å²) in [6, 6.07) is 0. The lowest BCUT2D eigenvalue weighted by atomic mass is 10.1. The average Bonchev–Trinajstić information content (AvgIpc) is 3.31. The molecule has 0 saturated heterocycles. The maximum Gasteiger partial charge on any atom is 0.306 e. The molecule has 0 amide bonds. The van der Waals surface area contributed by atoms with Crippen molar-refractivity contribution >= 4 is 17.9 Å². The Bertz CT molecular complexity index is 1560. The van der Waals surface area contributed by atoms with E-state index in [1.807, 2.05) is 128 Å². The van der Waals surface area contributed by atoms with Crippen LogP contribution in [0.4, 0.5) is 0 Å². The van der Waals surface area contributed by atoms with E-state index in [1.54, 1.807) is 0 Å². The summed E-state index contributed by atoms with van der Waals surface area (Å²) >= 11 is 0. The van der Waals surface area contributed by atoms with Crippen molar-refractivity contribution in [3.8, 4) is 0 Å². The summed E-state index contributed by atoms with van der Waals surface area (Å²) in [6.45, 7) is 6.20. The molecular weight excluding hydrogens is 817 g/mol. The van der Waals surface area contributed by atoms with Gasteiger partial charge >= 0.3 is 17.9 Å². The minimum absolute atomic E-state index is 0.136. The maximum atomic E-state index is 12.8. The summed E-state index contributed by atoms with van der Waals surface area (Å²) in [5.41, 5.74) is 0. The lowest BCUT2D eigenvalue weighted by molar-refractivity contribution is -0.167. The Morgan fingerprint density at radius 2 is 0.621 bits per heavy atom. The van der Waals surface area contributed by atoms with Crippen molar-refractivity contribution in [3.05, 3.63) is 158 Å². The van der Waals surface area contributed by atoms with Crippen LogP contribution in [0.2, 0.25) is 0 Å². The number of unbranched alkanes of at least 4 members (excludes halogenated alkanes) is 16. The fourth-order valence-corrected chi connectivity index (χ4v) is 6.27. The highest BCUT2D eigenvalue weighted by molar-refractivity contribution is 5.71. The Kier molecular flexibility index (Phi) is 48.7. The Morgan fingerprint density at radius 3 is 1.05 bits per heavy atom. The van der Waals surface area contributed by atoms with Gasteiger partial charge in [-0.05, 0) is 77.0 Å². The van der Waals surface area contributed by atoms with Crippen LogP contribution in [0.25, 0.3) is 0 Å². The summed E-state index contributed by atoms with van der Waals surface area (Å²) in [4.78, 5) is 38.0. The van der Waals surface area contributed by atoms with Gasteiger partial charge in [-0.1, -0.05) is 243 Å². The average molecular weight is 907 g/mol. The first kappa shape index (κ1) is 61.0. The molecule has 6 nitrogen and oxygen atoms in total. The molecule has 0 rings (SSSR count). The molecule has 0 aromatic carbocycles. The van der Waals surface area contributed by atoms with E-state index in [1.165, 1.54) is 51.4 Å². The summed E-state index contributed by atoms with van der Waals surface area (Å²) in [5.74, 6) is -1.07. The van der Waals surface area contributed by atoms with Crippen LogP contribution < -0.4 is 0 Å². The first-order chi connectivity index (χ1) is 32.5. The predicted octanol–water partition coefficient (Wildman–Crippen LogP) is 17.0. The molecule has 66 heavy (non-hydrogen) atoms. The van der Waals surface area contributed by atoms with E-state index in [4.69, 9.17) is 14.2 Å². The van der Waals surface area contributed by atoms with Gasteiger partial charge in [-0.2, -0.15) is 0 Å². The van der Waals surface area contributed by atoms with Gasteiger partial charge in [0.25, 0.3) is 0 Å². The molecule has 0 bridgehead atoms. The molecule has 0 N–H and O–H groups in total. The number of allylic oxidation sites excluding steroid dienone is 26. The van der Waals surface area contributed by atoms with Gasteiger partial charge in [0, 0.05) is 19.3 Å². The molecule has 366 valence electrons. The molecule has 0 aliphatic carbocycles. The SMILES string of the molecule is CC/C=C/C=C/C=C/C=C/C=C/C=C/C=C/CCCCCC(=O)OCC(COC(=O)CCC/C=C/C=C/C=C/C=C/C=C/CC)OC(=O)CCCCCCC/C=C/CCCCCCCCC. The highest BCUT2D eigenvalue weighted by Crippen LogP contribution is 2.12. The predicted molar refractivity (Wildman–Crippen MR) is 283 cm³/mol. The zero-order chi connectivity index (χ0) is 47.9. The van der Waals surface area contributed by atoms with E-state index >= 15 is 0 Å². The minimum atomic E-state index is -0.838. The van der Waals surface area contributed by atoms with Gasteiger partial charge in [-0.25, -0.2) is 0 Å². The first-order valence-electron chi connectivity index (χ1n) is 25.7. The van der Waals surface area contributed by atoms with Crippen molar-refractivity contribution in [3.63, 3.8) is 0 Å². The number of carbonyl (C=O) groups is 3. The van der Waals surface area contributed by atoms with Crippen LogP contribution in [0.3, 0.4) is 0 Å². The van der Waals surface area contributed by atoms with Crippen molar-refractivity contribution in [2.75, 3.05) is 13.2 Å². The monoisotopic (exact) mass is 907 g/mol. The Balaban J connectivity index is 4.63. The van der Waals surface area contributed by atoms with E-state index in [0.717, 1.165) is 77.0 Å². The molecule has 1 unspecified atom stereocenters. The smallest absolute Gasteiger partial charge is 0.306 e. The molecule has 0 radical (unpaired) electrons. The topological polar surface area (TPSA) is 78.9 Å². The van der Waals surface area contributed by atoms with E-state index in [-0.39, 0.29) is 50.4 Å². The van der Waals surface area contributed by atoms with Gasteiger partial charge in [-0.15, -0.1) is 0 Å². The summed E-state index contributed by atoms with van der Waals surface area (Å²) in [6.07, 6.45) is 76.6. The van der Waals surface area contributed by atoms with Crippen molar-refractivity contribution < 1.29 is 28.6 Å². The quantitative estimate of drug-likeness (QED) is 0.0199. The van der Waals surface area contributed by atoms with Gasteiger partial charge in [0.05, 0.1) is 0 Å². The highest BCUT2D eigenvalue weighted by atomic mass is 16.6. The van der Waals surface area contributed by atoms with E-state index in [0.29, 0.717) is 12.8 Å². The number of hydrogen-bond acceptors (Lipinski definition) is 6. The minimum Gasteiger partial charge on any atom is -0.462 e. The molecular formula is C60H90O6. The summed E-state index contributed by atoms with van der Waals surface area (Å²) in [5, 5.41) is 0. The molecule has 0 spiro atoms. The summed E-state index contributed by atoms with van der Waals surface area (Å²) < 4.78 is 16.7. The molecule has 1 atom stereocenters. The Hall–Kier alpha value is -4.97. The van der Waals surface area contributed by atoms with Crippen LogP contribution in [0, 0.1) is 0 Å². The second-order valence-electron chi connectivity index (χ2n) is 16.3. The number of ether oxygens (including phenoxy) is 3. The number of rotatable bonds is 43. The summed E-state index contributed by atoms with van der Waals surface area (Å²) in [7, 11) is 0. The molecule has 0 aliphatic heterocycles. The number of carbonyl (C=O) groups excluding carboxylic acids is 3. The lowest BCUT2D eigenvalue weighted by Gasteiger charge is -2.18. The van der Waals surface area contributed by atoms with Crippen LogP contribution >= 0.6 is 0 Å². The fourth-order valence-electron chi connectivity index (χ4n) is 6.27. The van der Waals surface area contributed by atoms with Crippen molar-refractivity contribution in [1.82, 2.24) is 0 Å². The highest BCUT2D eigenvalue weighted by Gasteiger charge is 2.19. The van der Waals surface area contributed by atoms with Crippen LogP contribution in [-0.2, 0) is 28.6 Å². The van der Waals surface area contributed by atoms with E-state index < -0.39 is 6.10 Å². The van der Waals surface area contributed by atoms with Crippen molar-refractivity contribution in [2.45, 2.75) is 187 Å². The number of esters is 3. The van der Waals surface area contributed by atoms with Crippen LogP contribution in [0.1, 0.15) is 181 Å². The second kappa shape index (κ2) is 52.7. The van der Waals surface area contributed by atoms with Gasteiger partial charge in [0.2, 0.25) is 0 Å². The standard InChI is InChI=1S/C60H90O6/c1-4-7-10-13-16-19-22-25-27-29-30-31-33-35-38-41-44-47-50-53-59(62)65-56-57(55-64-58(61)52-49-46-43-40-37-34-24-21-18-15-12-9-6-3)66-60(63)54-51-48-45-42-39-36-32-28-26-23-20-17-14-11-8-5-2/h7,9-10,12-13,15-16,18-19,21-22,24-25,27-35,37-38,40,43,57H,4-6,8,11,14,17,20,23,26,36,39,41-42,44-56H2,1-3H3/b10-7+,12-9+,16-13+,18-15+,22-19+,24-21+,27-25+,30-29+,32-28+,33-31+,37-34+,38-35+,43-40+. The van der Waals surface area contributed by atoms with Gasteiger partial charge < -0.3 is 14.2 Å². The molecule has 0 aromatic rings. The molecule has 0 aromatic heterocycles. The van der Waals surface area contributed by atoms with Gasteiger partial charge in [0.15, 0.2) is 6.10 Å². The van der Waals surface area contributed by atoms with Crippen LogP contribution in [0.5, 0.6) is 0 Å². The third kappa shape index (κ3) is 50.0. The third-order valence-corrected chi connectivity index (χ3v) is 10.1. The molecule has 6 heteroatoms. The normalized spacial score (nSPS) is 13.4. The van der Waals surface area contributed by atoms with E-state index in [9.17, 15) is 14.4 Å². The maximum absolute atomic E-state index is 12.8. The van der Waals surface area contributed by atoms with Crippen molar-refractivity contribution in [1.29, 1.82) is 0 Å². The molecule has 0 saturated carbocycles. The van der Waals surface area contributed by atoms with Gasteiger partial charge in [-0.3, -0.25) is 14.4 Å². The molecule has 0 heterocycles. The lowest BCUT2D eigenvalue weighted by Crippen LogP contribution is -2.30. The zero-order valence-electron chi connectivity index (χ0n) is 41.6. The van der Waals surface area contributed by atoms with Crippen LogP contribution in [0.15, 0.2) is 158 Å². The largest absolute Gasteiger partial charge is 0.462 e. The van der Waals surface area contributed by atoms with Crippen LogP contribution in [-0.4, -0.2) is 37.2 Å². The molecule has 0 fully saturated rings. The first-order valence-corrected chi connectivity index (χ1v) is 25.7. The Labute approximate surface area is 403 Å². The third-order valence-electron chi connectivity index (χ3n) is 10.1.